The highest BCUT2D eigenvalue weighted by Gasteiger charge is 2.17. The Balaban J connectivity index is 2.19. The van der Waals surface area contributed by atoms with Crippen molar-refractivity contribution in [3.05, 3.63) is 57.7 Å². The van der Waals surface area contributed by atoms with Crippen molar-refractivity contribution in [3.63, 3.8) is 0 Å². The van der Waals surface area contributed by atoms with Crippen molar-refractivity contribution < 1.29 is 14.5 Å². The Bertz CT molecular complexity index is 546. The van der Waals surface area contributed by atoms with E-state index in [4.69, 9.17) is 4.74 Å². The first-order valence-electron chi connectivity index (χ1n) is 5.46. The Labute approximate surface area is 104 Å². The van der Waals surface area contributed by atoms with Gasteiger partial charge in [0.15, 0.2) is 0 Å². The molecule has 1 saturated heterocycles. The monoisotopic (exact) mass is 245 g/mol. The molecule has 0 spiro atoms. The van der Waals surface area contributed by atoms with Crippen LogP contribution in [-0.4, -0.2) is 17.5 Å². The summed E-state index contributed by atoms with van der Waals surface area (Å²) in [6.45, 7) is 0.407. The normalized spacial score (nSPS) is 17.3. The molecule has 1 aromatic carbocycles. The van der Waals surface area contributed by atoms with Crippen molar-refractivity contribution in [1.29, 1.82) is 0 Å². The molecule has 0 unspecified atom stereocenters. The van der Waals surface area contributed by atoms with Gasteiger partial charge in [-0.1, -0.05) is 24.3 Å². The van der Waals surface area contributed by atoms with E-state index in [1.807, 2.05) is 0 Å². The smallest absolute Gasteiger partial charge is 0.334 e. The van der Waals surface area contributed by atoms with Gasteiger partial charge in [-0.05, 0) is 12.1 Å². The lowest BCUT2D eigenvalue weighted by Crippen LogP contribution is -1.93. The summed E-state index contributed by atoms with van der Waals surface area (Å²) in [7, 11) is 0. The summed E-state index contributed by atoms with van der Waals surface area (Å²) < 4.78 is 4.78. The molecule has 1 aromatic rings. The van der Waals surface area contributed by atoms with Crippen molar-refractivity contribution in [2.75, 3.05) is 6.61 Å². The number of ether oxygens (including phenoxy) is 1. The molecule has 1 aliphatic heterocycles. The minimum atomic E-state index is -0.434. The number of rotatable bonds is 3. The van der Waals surface area contributed by atoms with E-state index in [1.165, 1.54) is 6.07 Å². The number of benzene rings is 1. The Kier molecular flexibility index (Phi) is 3.52. The average Bonchev–Trinajstić information content (AvgIpc) is 2.76. The van der Waals surface area contributed by atoms with Gasteiger partial charge in [-0.2, -0.15) is 0 Å². The van der Waals surface area contributed by atoms with Crippen LogP contribution in [0.25, 0.3) is 6.08 Å². The predicted octanol–water partition coefficient (Wildman–Crippen LogP) is 2.48. The maximum absolute atomic E-state index is 11.2. The number of hydrogen-bond acceptors (Lipinski definition) is 4. The lowest BCUT2D eigenvalue weighted by atomic mass is 10.1. The van der Waals surface area contributed by atoms with Gasteiger partial charge in [0.25, 0.3) is 5.69 Å². The van der Waals surface area contributed by atoms with Crippen LogP contribution >= 0.6 is 0 Å². The molecule has 1 aliphatic rings. The Morgan fingerprint density at radius 2 is 2.11 bits per heavy atom. The number of nitro groups is 1. The van der Waals surface area contributed by atoms with E-state index in [-0.39, 0.29) is 11.7 Å². The number of carbonyl (C=O) groups excluding carboxylic acids is 1. The number of allylic oxidation sites excluding steroid dienone is 2. The van der Waals surface area contributed by atoms with E-state index < -0.39 is 4.92 Å². The van der Waals surface area contributed by atoms with E-state index in [9.17, 15) is 14.9 Å². The standard InChI is InChI=1S/C13H11NO4/c15-13-11(8-9-18-13)6-3-5-10-4-1-2-7-12(10)14(16)17/h1-7H,8-9H2/b5-3+,11-6-. The Morgan fingerprint density at radius 1 is 1.33 bits per heavy atom. The average molecular weight is 245 g/mol. The summed E-state index contributed by atoms with van der Waals surface area (Å²) in [5, 5.41) is 10.8. The number of nitro benzene ring substituents is 1. The number of carbonyl (C=O) groups is 1. The minimum Gasteiger partial charge on any atom is -0.462 e. The fraction of sp³-hybridized carbons (Fsp3) is 0.154. The second-order valence-corrected chi connectivity index (χ2v) is 3.75. The summed E-state index contributed by atoms with van der Waals surface area (Å²) in [5.74, 6) is -0.317. The quantitative estimate of drug-likeness (QED) is 0.355. The fourth-order valence-corrected chi connectivity index (χ4v) is 1.66. The van der Waals surface area contributed by atoms with Crippen molar-refractivity contribution >= 4 is 17.7 Å². The lowest BCUT2D eigenvalue weighted by molar-refractivity contribution is -0.385. The van der Waals surface area contributed by atoms with Crippen LogP contribution in [0.3, 0.4) is 0 Å². The van der Waals surface area contributed by atoms with Crippen molar-refractivity contribution in [3.8, 4) is 0 Å². The van der Waals surface area contributed by atoms with Gasteiger partial charge >= 0.3 is 5.97 Å². The molecule has 0 atom stereocenters. The van der Waals surface area contributed by atoms with Gasteiger partial charge in [0, 0.05) is 18.1 Å². The molecule has 2 rings (SSSR count). The van der Waals surface area contributed by atoms with Crippen molar-refractivity contribution in [2.24, 2.45) is 0 Å². The molecule has 0 bridgehead atoms. The summed E-state index contributed by atoms with van der Waals surface area (Å²) >= 11 is 0. The number of nitrogens with zero attached hydrogens (tertiary/aromatic N) is 1. The summed E-state index contributed by atoms with van der Waals surface area (Å²) in [4.78, 5) is 21.5. The molecule has 0 N–H and O–H groups in total. The van der Waals surface area contributed by atoms with E-state index in [0.29, 0.717) is 24.2 Å². The van der Waals surface area contributed by atoms with Crippen LogP contribution in [0, 0.1) is 10.1 Å². The van der Waals surface area contributed by atoms with Crippen LogP contribution in [0.5, 0.6) is 0 Å². The third kappa shape index (κ3) is 2.63. The van der Waals surface area contributed by atoms with Crippen LogP contribution in [-0.2, 0) is 9.53 Å². The highest BCUT2D eigenvalue weighted by molar-refractivity contribution is 5.90. The van der Waals surface area contributed by atoms with E-state index in [2.05, 4.69) is 0 Å². The molecule has 18 heavy (non-hydrogen) atoms. The summed E-state index contributed by atoms with van der Waals surface area (Å²) in [5.41, 5.74) is 1.14. The maximum Gasteiger partial charge on any atom is 0.334 e. The van der Waals surface area contributed by atoms with Gasteiger partial charge in [-0.25, -0.2) is 4.79 Å². The second-order valence-electron chi connectivity index (χ2n) is 3.75. The van der Waals surface area contributed by atoms with Crippen molar-refractivity contribution in [2.45, 2.75) is 6.42 Å². The van der Waals surface area contributed by atoms with Gasteiger partial charge in [0.2, 0.25) is 0 Å². The largest absolute Gasteiger partial charge is 0.462 e. The molecule has 0 saturated carbocycles. The number of cyclic esters (lactones) is 1. The first-order valence-corrected chi connectivity index (χ1v) is 5.46. The highest BCUT2D eigenvalue weighted by atomic mass is 16.6. The Morgan fingerprint density at radius 3 is 2.78 bits per heavy atom. The fourth-order valence-electron chi connectivity index (χ4n) is 1.66. The van der Waals surface area contributed by atoms with Crippen LogP contribution in [0.15, 0.2) is 42.0 Å². The van der Waals surface area contributed by atoms with Gasteiger partial charge in [-0.15, -0.1) is 0 Å². The zero-order valence-corrected chi connectivity index (χ0v) is 9.54. The summed E-state index contributed by atoms with van der Waals surface area (Å²) in [6.07, 6.45) is 5.45. The molecule has 5 nitrogen and oxygen atoms in total. The van der Waals surface area contributed by atoms with Gasteiger partial charge < -0.3 is 4.74 Å². The van der Waals surface area contributed by atoms with Gasteiger partial charge in [0.05, 0.1) is 17.1 Å². The zero-order chi connectivity index (χ0) is 13.0. The van der Waals surface area contributed by atoms with Crippen LogP contribution in [0.4, 0.5) is 5.69 Å². The molecule has 0 aliphatic carbocycles. The summed E-state index contributed by atoms with van der Waals surface area (Å²) in [6, 6.07) is 6.43. The Hall–Kier alpha value is -2.43. The number of para-hydroxylation sites is 1. The highest BCUT2D eigenvalue weighted by Crippen LogP contribution is 2.19. The molecule has 0 amide bonds. The van der Waals surface area contributed by atoms with E-state index >= 15 is 0 Å². The second kappa shape index (κ2) is 5.27. The molecule has 0 radical (unpaired) electrons. The third-order valence-corrected chi connectivity index (χ3v) is 2.57. The zero-order valence-electron chi connectivity index (χ0n) is 9.54. The molecule has 0 aromatic heterocycles. The molecule has 1 heterocycles. The third-order valence-electron chi connectivity index (χ3n) is 2.57. The first kappa shape index (κ1) is 12.0. The van der Waals surface area contributed by atoms with Crippen LogP contribution < -0.4 is 0 Å². The molecule has 5 heteroatoms. The SMILES string of the molecule is O=C1OCC/C1=C/C=C/c1ccccc1[N+](=O)[O-]. The van der Waals surface area contributed by atoms with E-state index in [0.717, 1.165) is 0 Å². The van der Waals surface area contributed by atoms with Gasteiger partial charge in [-0.3, -0.25) is 10.1 Å². The first-order chi connectivity index (χ1) is 8.68. The van der Waals surface area contributed by atoms with Crippen LogP contribution in [0.1, 0.15) is 12.0 Å². The molecule has 92 valence electrons. The van der Waals surface area contributed by atoms with Crippen molar-refractivity contribution in [1.82, 2.24) is 0 Å². The number of hydrogen-bond donors (Lipinski definition) is 0. The molecular formula is C13H11NO4. The van der Waals surface area contributed by atoms with Gasteiger partial charge in [0.1, 0.15) is 0 Å². The molecule has 1 fully saturated rings. The predicted molar refractivity (Wildman–Crippen MR) is 65.8 cm³/mol. The van der Waals surface area contributed by atoms with E-state index in [1.54, 1.807) is 36.4 Å². The van der Waals surface area contributed by atoms with Crippen LogP contribution in [0.2, 0.25) is 0 Å². The maximum atomic E-state index is 11.2. The topological polar surface area (TPSA) is 69.4 Å². The molecular weight excluding hydrogens is 234 g/mol. The minimum absolute atomic E-state index is 0.0427. The number of esters is 1. The lowest BCUT2D eigenvalue weighted by Gasteiger charge is -1.95.